The Balaban J connectivity index is 1.88. The van der Waals surface area contributed by atoms with Gasteiger partial charge in [0.15, 0.2) is 0 Å². The van der Waals surface area contributed by atoms with Crippen molar-refractivity contribution in [3.63, 3.8) is 0 Å². The number of halogens is 1. The monoisotopic (exact) mass is 407 g/mol. The number of hydrogen-bond acceptors (Lipinski definition) is 3. The Hall–Kier alpha value is -3.24. The summed E-state index contributed by atoms with van der Waals surface area (Å²) >= 11 is 6.16. The van der Waals surface area contributed by atoms with Gasteiger partial charge >= 0.3 is 0 Å². The van der Waals surface area contributed by atoms with Crippen molar-refractivity contribution in [2.75, 3.05) is 25.7 Å². The van der Waals surface area contributed by atoms with Gasteiger partial charge in [-0.05, 0) is 48.5 Å². The SMILES string of the molecule is COc1ccc(C(=O)N(C/C=C/c2ccccc2OC)c2cccc(Cl)c2)cc1. The van der Waals surface area contributed by atoms with Crippen molar-refractivity contribution in [2.24, 2.45) is 0 Å². The molecule has 0 bridgehead atoms. The Morgan fingerprint density at radius 2 is 1.72 bits per heavy atom. The number of carbonyl (C=O) groups excluding carboxylic acids is 1. The van der Waals surface area contributed by atoms with E-state index in [0.29, 0.717) is 22.9 Å². The number of benzene rings is 3. The van der Waals surface area contributed by atoms with Crippen LogP contribution in [0.4, 0.5) is 5.69 Å². The number of methoxy groups -OCH3 is 2. The Bertz CT molecular complexity index is 999. The fraction of sp³-hybridized carbons (Fsp3) is 0.125. The van der Waals surface area contributed by atoms with E-state index in [2.05, 4.69) is 0 Å². The smallest absolute Gasteiger partial charge is 0.258 e. The number of carbonyl (C=O) groups is 1. The van der Waals surface area contributed by atoms with Crippen LogP contribution in [0.25, 0.3) is 6.08 Å². The predicted molar refractivity (Wildman–Crippen MR) is 118 cm³/mol. The maximum Gasteiger partial charge on any atom is 0.258 e. The minimum Gasteiger partial charge on any atom is -0.497 e. The van der Waals surface area contributed by atoms with Gasteiger partial charge in [-0.15, -0.1) is 0 Å². The maximum absolute atomic E-state index is 13.2. The molecule has 0 saturated carbocycles. The molecular formula is C24H22ClNO3. The van der Waals surface area contributed by atoms with Gasteiger partial charge in [-0.1, -0.05) is 48.0 Å². The van der Waals surface area contributed by atoms with Crippen LogP contribution >= 0.6 is 11.6 Å². The van der Waals surface area contributed by atoms with Crippen molar-refractivity contribution in [1.29, 1.82) is 0 Å². The highest BCUT2D eigenvalue weighted by molar-refractivity contribution is 6.31. The van der Waals surface area contributed by atoms with Crippen molar-refractivity contribution < 1.29 is 14.3 Å². The molecule has 5 heteroatoms. The first kappa shape index (κ1) is 20.5. The lowest BCUT2D eigenvalue weighted by molar-refractivity contribution is 0.0989. The Morgan fingerprint density at radius 1 is 0.966 bits per heavy atom. The summed E-state index contributed by atoms with van der Waals surface area (Å²) in [6, 6.07) is 22.0. The van der Waals surface area contributed by atoms with Crippen LogP contribution in [-0.2, 0) is 0 Å². The van der Waals surface area contributed by atoms with E-state index in [9.17, 15) is 4.79 Å². The molecule has 0 saturated heterocycles. The van der Waals surface area contributed by atoms with E-state index in [1.807, 2.05) is 48.6 Å². The van der Waals surface area contributed by atoms with Crippen molar-refractivity contribution >= 4 is 29.3 Å². The molecule has 0 unspecified atom stereocenters. The first-order chi connectivity index (χ1) is 14.1. The summed E-state index contributed by atoms with van der Waals surface area (Å²) in [5.41, 5.74) is 2.23. The zero-order valence-corrected chi connectivity index (χ0v) is 17.1. The van der Waals surface area contributed by atoms with Crippen molar-refractivity contribution in [3.8, 4) is 11.5 Å². The van der Waals surface area contributed by atoms with Crippen LogP contribution < -0.4 is 14.4 Å². The van der Waals surface area contributed by atoms with Gasteiger partial charge in [0.25, 0.3) is 5.91 Å². The van der Waals surface area contributed by atoms with E-state index in [4.69, 9.17) is 21.1 Å². The topological polar surface area (TPSA) is 38.8 Å². The summed E-state index contributed by atoms with van der Waals surface area (Å²) in [6.45, 7) is 0.378. The largest absolute Gasteiger partial charge is 0.497 e. The average Bonchev–Trinajstić information content (AvgIpc) is 2.76. The van der Waals surface area contributed by atoms with Gasteiger partial charge in [0.1, 0.15) is 11.5 Å². The van der Waals surface area contributed by atoms with E-state index in [1.165, 1.54) is 0 Å². The van der Waals surface area contributed by atoms with Gasteiger partial charge < -0.3 is 14.4 Å². The third-order valence-corrected chi connectivity index (χ3v) is 4.66. The molecule has 0 aliphatic heterocycles. The van der Waals surface area contributed by atoms with Crippen LogP contribution in [-0.4, -0.2) is 26.7 Å². The molecule has 0 spiro atoms. The molecule has 3 aromatic carbocycles. The lowest BCUT2D eigenvalue weighted by Crippen LogP contribution is -2.31. The number of hydrogen-bond donors (Lipinski definition) is 0. The van der Waals surface area contributed by atoms with Gasteiger partial charge in [0.05, 0.1) is 14.2 Å². The molecular weight excluding hydrogens is 386 g/mol. The first-order valence-corrected chi connectivity index (χ1v) is 9.51. The molecule has 0 radical (unpaired) electrons. The summed E-state index contributed by atoms with van der Waals surface area (Å²) in [7, 11) is 3.23. The van der Waals surface area contributed by atoms with Crippen molar-refractivity contribution in [1.82, 2.24) is 0 Å². The highest BCUT2D eigenvalue weighted by Crippen LogP contribution is 2.23. The number of amides is 1. The van der Waals surface area contributed by atoms with E-state index in [1.54, 1.807) is 55.5 Å². The lowest BCUT2D eigenvalue weighted by Gasteiger charge is -2.22. The Labute approximate surface area is 175 Å². The third kappa shape index (κ3) is 5.18. The van der Waals surface area contributed by atoms with E-state index in [0.717, 1.165) is 17.0 Å². The molecule has 0 aliphatic rings. The first-order valence-electron chi connectivity index (χ1n) is 9.13. The van der Waals surface area contributed by atoms with Crippen LogP contribution in [0.15, 0.2) is 78.9 Å². The molecule has 0 fully saturated rings. The fourth-order valence-corrected chi connectivity index (χ4v) is 3.11. The zero-order valence-electron chi connectivity index (χ0n) is 16.3. The minimum atomic E-state index is -0.125. The van der Waals surface area contributed by atoms with Gasteiger partial charge in [0.2, 0.25) is 0 Å². The zero-order chi connectivity index (χ0) is 20.6. The maximum atomic E-state index is 13.2. The quantitative estimate of drug-likeness (QED) is 0.503. The standard InChI is InChI=1S/C24H22ClNO3/c1-28-22-14-12-19(13-15-22)24(27)26(21-10-5-9-20(25)17-21)16-6-8-18-7-3-4-11-23(18)29-2/h3-15,17H,16H2,1-2H3/b8-6+. The molecule has 3 aromatic rings. The molecule has 0 N–H and O–H groups in total. The second-order valence-corrected chi connectivity index (χ2v) is 6.70. The van der Waals surface area contributed by atoms with Gasteiger partial charge in [-0.25, -0.2) is 0 Å². The molecule has 1 amide bonds. The molecule has 148 valence electrons. The van der Waals surface area contributed by atoms with Crippen LogP contribution in [0.3, 0.4) is 0 Å². The average molecular weight is 408 g/mol. The normalized spacial score (nSPS) is 10.7. The highest BCUT2D eigenvalue weighted by Gasteiger charge is 2.17. The lowest BCUT2D eigenvalue weighted by atomic mass is 10.1. The Kier molecular flexibility index (Phi) is 6.93. The second-order valence-electron chi connectivity index (χ2n) is 6.27. The summed E-state index contributed by atoms with van der Waals surface area (Å²) in [4.78, 5) is 14.9. The molecule has 3 rings (SSSR count). The molecule has 0 aliphatic carbocycles. The Morgan fingerprint density at radius 3 is 2.41 bits per heavy atom. The molecule has 0 heterocycles. The predicted octanol–water partition coefficient (Wildman–Crippen LogP) is 5.72. The molecule has 0 atom stereocenters. The second kappa shape index (κ2) is 9.80. The number of nitrogens with zero attached hydrogens (tertiary/aromatic N) is 1. The van der Waals surface area contributed by atoms with Gasteiger partial charge in [0, 0.05) is 28.4 Å². The number of rotatable bonds is 7. The van der Waals surface area contributed by atoms with E-state index >= 15 is 0 Å². The van der Waals surface area contributed by atoms with Crippen molar-refractivity contribution in [3.05, 3.63) is 95.0 Å². The van der Waals surface area contributed by atoms with Crippen LogP contribution in [0.1, 0.15) is 15.9 Å². The number of anilines is 1. The van der Waals surface area contributed by atoms with Crippen LogP contribution in [0, 0.1) is 0 Å². The molecule has 29 heavy (non-hydrogen) atoms. The summed E-state index contributed by atoms with van der Waals surface area (Å²) < 4.78 is 10.6. The molecule has 0 aromatic heterocycles. The summed E-state index contributed by atoms with van der Waals surface area (Å²) in [5.74, 6) is 1.35. The third-order valence-electron chi connectivity index (χ3n) is 4.43. The summed E-state index contributed by atoms with van der Waals surface area (Å²) in [6.07, 6.45) is 3.87. The summed E-state index contributed by atoms with van der Waals surface area (Å²) in [5, 5.41) is 0.573. The van der Waals surface area contributed by atoms with Crippen LogP contribution in [0.2, 0.25) is 5.02 Å². The van der Waals surface area contributed by atoms with Crippen LogP contribution in [0.5, 0.6) is 11.5 Å². The molecule has 4 nitrogen and oxygen atoms in total. The van der Waals surface area contributed by atoms with Gasteiger partial charge in [-0.3, -0.25) is 4.79 Å². The van der Waals surface area contributed by atoms with E-state index < -0.39 is 0 Å². The van der Waals surface area contributed by atoms with E-state index in [-0.39, 0.29) is 5.91 Å². The van der Waals surface area contributed by atoms with Crippen molar-refractivity contribution in [2.45, 2.75) is 0 Å². The minimum absolute atomic E-state index is 0.125. The number of para-hydroxylation sites is 1. The fourth-order valence-electron chi connectivity index (χ4n) is 2.93. The number of ether oxygens (including phenoxy) is 2. The van der Waals surface area contributed by atoms with Gasteiger partial charge in [-0.2, -0.15) is 0 Å². The highest BCUT2D eigenvalue weighted by atomic mass is 35.5.